The third-order valence-corrected chi connectivity index (χ3v) is 4.49. The van der Waals surface area contributed by atoms with Gasteiger partial charge in [0.05, 0.1) is 19.3 Å². The van der Waals surface area contributed by atoms with E-state index in [4.69, 9.17) is 9.47 Å². The van der Waals surface area contributed by atoms with Crippen LogP contribution in [0.2, 0.25) is 0 Å². The molecule has 1 heterocycles. The minimum Gasteiger partial charge on any atom is -0.382 e. The van der Waals surface area contributed by atoms with Crippen molar-refractivity contribution in [2.45, 2.75) is 33.1 Å². The maximum absolute atomic E-state index is 14.2. The van der Waals surface area contributed by atoms with Gasteiger partial charge in [-0.05, 0) is 25.6 Å². The highest BCUT2D eigenvalue weighted by Crippen LogP contribution is 2.34. The fourth-order valence-electron chi connectivity index (χ4n) is 2.26. The van der Waals surface area contributed by atoms with Gasteiger partial charge < -0.3 is 14.8 Å². The summed E-state index contributed by atoms with van der Waals surface area (Å²) in [4.78, 5) is 1.14. The van der Waals surface area contributed by atoms with Gasteiger partial charge in [-0.3, -0.25) is 0 Å². The molecule has 0 fully saturated rings. The first-order valence-corrected chi connectivity index (χ1v) is 7.99. The minimum absolute atomic E-state index is 0.0105. The van der Waals surface area contributed by atoms with E-state index in [-0.39, 0.29) is 11.9 Å². The fraction of sp³-hybridized carbons (Fsp3) is 0.500. The van der Waals surface area contributed by atoms with E-state index in [2.05, 4.69) is 12.2 Å². The lowest BCUT2D eigenvalue weighted by Gasteiger charge is -2.13. The zero-order chi connectivity index (χ0) is 15.2. The molecule has 1 unspecified atom stereocenters. The number of rotatable bonds is 8. The molecule has 1 aromatic heterocycles. The Morgan fingerprint density at radius 3 is 2.90 bits per heavy atom. The molecule has 2 aromatic rings. The quantitative estimate of drug-likeness (QED) is 0.806. The van der Waals surface area contributed by atoms with Crippen molar-refractivity contribution in [2.75, 3.05) is 20.3 Å². The zero-order valence-corrected chi connectivity index (χ0v) is 13.6. The maximum atomic E-state index is 14.2. The molecule has 0 bridgehead atoms. The molecule has 0 aliphatic rings. The number of benzene rings is 1. The van der Waals surface area contributed by atoms with E-state index in [1.165, 1.54) is 6.07 Å². The third kappa shape index (κ3) is 4.01. The number of methoxy groups -OCH3 is 1. The second kappa shape index (κ2) is 7.84. The predicted molar refractivity (Wildman–Crippen MR) is 85.3 cm³/mol. The second-order valence-corrected chi connectivity index (χ2v) is 6.11. The van der Waals surface area contributed by atoms with Gasteiger partial charge in [0, 0.05) is 34.2 Å². The molecule has 1 aromatic carbocycles. The molecule has 116 valence electrons. The monoisotopic (exact) mass is 311 g/mol. The number of thiophene rings is 1. The Hall–Kier alpha value is -1.01. The van der Waals surface area contributed by atoms with Crippen LogP contribution in [0.25, 0.3) is 10.1 Å². The van der Waals surface area contributed by atoms with Crippen LogP contribution in [0.3, 0.4) is 0 Å². The van der Waals surface area contributed by atoms with Crippen LogP contribution in [0.15, 0.2) is 18.2 Å². The summed E-state index contributed by atoms with van der Waals surface area (Å²) in [7, 11) is 1.65. The molecule has 21 heavy (non-hydrogen) atoms. The first-order valence-electron chi connectivity index (χ1n) is 7.17. The summed E-state index contributed by atoms with van der Waals surface area (Å²) >= 11 is 1.63. The van der Waals surface area contributed by atoms with Crippen LogP contribution < -0.4 is 5.32 Å². The number of ether oxygens (including phenoxy) is 2. The van der Waals surface area contributed by atoms with Crippen LogP contribution in [-0.4, -0.2) is 26.4 Å². The lowest BCUT2D eigenvalue weighted by Crippen LogP contribution is -2.16. The molecule has 1 atom stereocenters. The molecule has 0 saturated carbocycles. The van der Waals surface area contributed by atoms with Gasteiger partial charge in [-0.1, -0.05) is 13.0 Å². The van der Waals surface area contributed by atoms with Gasteiger partial charge in [0.2, 0.25) is 0 Å². The summed E-state index contributed by atoms with van der Waals surface area (Å²) in [5.41, 5.74) is 0.956. The van der Waals surface area contributed by atoms with Gasteiger partial charge in [0.15, 0.2) is 0 Å². The third-order valence-electron chi connectivity index (χ3n) is 3.30. The lowest BCUT2D eigenvalue weighted by atomic mass is 10.1. The molecular formula is C16H22FNO2S. The van der Waals surface area contributed by atoms with Gasteiger partial charge in [-0.2, -0.15) is 0 Å². The Labute approximate surface area is 129 Å². The normalized spacial score (nSPS) is 13.0. The minimum atomic E-state index is -0.176. The molecule has 0 spiro atoms. The molecular weight excluding hydrogens is 289 g/mol. The molecule has 0 saturated heterocycles. The Bertz CT molecular complexity index is 585. The Balaban J connectivity index is 2.28. The van der Waals surface area contributed by atoms with Crippen molar-refractivity contribution < 1.29 is 13.9 Å². The first-order chi connectivity index (χ1) is 10.2. The van der Waals surface area contributed by atoms with Gasteiger partial charge in [0.25, 0.3) is 0 Å². The van der Waals surface area contributed by atoms with Crippen LogP contribution in [0.5, 0.6) is 0 Å². The number of fused-ring (bicyclic) bond motifs is 1. The van der Waals surface area contributed by atoms with Gasteiger partial charge in [-0.15, -0.1) is 11.3 Å². The average molecular weight is 311 g/mol. The van der Waals surface area contributed by atoms with E-state index >= 15 is 0 Å². The smallest absolute Gasteiger partial charge is 0.132 e. The van der Waals surface area contributed by atoms with Crippen molar-refractivity contribution in [3.63, 3.8) is 0 Å². The van der Waals surface area contributed by atoms with E-state index < -0.39 is 0 Å². The van der Waals surface area contributed by atoms with Crippen LogP contribution in [0, 0.1) is 5.82 Å². The van der Waals surface area contributed by atoms with Crippen molar-refractivity contribution in [1.29, 1.82) is 0 Å². The zero-order valence-electron chi connectivity index (χ0n) is 12.7. The van der Waals surface area contributed by atoms with Crippen molar-refractivity contribution in [3.05, 3.63) is 34.5 Å². The average Bonchev–Trinajstić information content (AvgIpc) is 2.82. The van der Waals surface area contributed by atoms with Crippen LogP contribution >= 0.6 is 11.3 Å². The molecule has 3 nitrogen and oxygen atoms in total. The van der Waals surface area contributed by atoms with E-state index in [0.29, 0.717) is 18.6 Å². The standard InChI is InChI=1S/C16H22FNO2S/c1-4-18-8-15-12(10-20-11(2)9-19-3)16-13(17)6-5-7-14(16)21-15/h5-7,11,18H,4,8-10H2,1-3H3. The molecule has 2 rings (SSSR count). The topological polar surface area (TPSA) is 30.5 Å². The van der Waals surface area contributed by atoms with E-state index in [9.17, 15) is 4.39 Å². The largest absolute Gasteiger partial charge is 0.382 e. The Kier molecular flexibility index (Phi) is 6.11. The lowest BCUT2D eigenvalue weighted by molar-refractivity contribution is 0.000121. The maximum Gasteiger partial charge on any atom is 0.132 e. The van der Waals surface area contributed by atoms with E-state index in [1.54, 1.807) is 24.5 Å². The molecule has 1 N–H and O–H groups in total. The second-order valence-electron chi connectivity index (χ2n) is 4.97. The number of hydrogen-bond acceptors (Lipinski definition) is 4. The van der Waals surface area contributed by atoms with Crippen molar-refractivity contribution in [2.24, 2.45) is 0 Å². The van der Waals surface area contributed by atoms with Crippen LogP contribution in [0.4, 0.5) is 4.39 Å². The van der Waals surface area contributed by atoms with E-state index in [1.807, 2.05) is 13.0 Å². The summed E-state index contributed by atoms with van der Waals surface area (Å²) in [5.74, 6) is -0.176. The number of hydrogen-bond donors (Lipinski definition) is 1. The van der Waals surface area contributed by atoms with Gasteiger partial charge in [0.1, 0.15) is 5.82 Å². The summed E-state index contributed by atoms with van der Waals surface area (Å²) in [6, 6.07) is 5.22. The Morgan fingerprint density at radius 2 is 2.19 bits per heavy atom. The predicted octanol–water partition coefficient (Wildman–Crippen LogP) is 3.70. The van der Waals surface area contributed by atoms with E-state index in [0.717, 1.165) is 28.2 Å². The Morgan fingerprint density at radius 1 is 1.38 bits per heavy atom. The fourth-order valence-corrected chi connectivity index (χ4v) is 3.45. The van der Waals surface area contributed by atoms with Crippen molar-refractivity contribution in [3.8, 4) is 0 Å². The molecule has 0 radical (unpaired) electrons. The van der Waals surface area contributed by atoms with Crippen LogP contribution in [0.1, 0.15) is 24.3 Å². The van der Waals surface area contributed by atoms with Crippen molar-refractivity contribution >= 4 is 21.4 Å². The summed E-state index contributed by atoms with van der Waals surface area (Å²) < 4.78 is 26.0. The molecule has 0 aliphatic carbocycles. The first kappa shape index (κ1) is 16.4. The highest BCUT2D eigenvalue weighted by Gasteiger charge is 2.16. The molecule has 5 heteroatoms. The molecule has 0 aliphatic heterocycles. The SMILES string of the molecule is CCNCc1sc2cccc(F)c2c1COC(C)COC. The summed E-state index contributed by atoms with van der Waals surface area (Å²) in [5, 5.41) is 4.00. The highest BCUT2D eigenvalue weighted by molar-refractivity contribution is 7.19. The summed E-state index contributed by atoms with van der Waals surface area (Å²) in [6.07, 6.45) is -0.0105. The van der Waals surface area contributed by atoms with Crippen molar-refractivity contribution in [1.82, 2.24) is 5.32 Å². The number of nitrogens with one attached hydrogen (secondary N) is 1. The highest BCUT2D eigenvalue weighted by atomic mass is 32.1. The van der Waals surface area contributed by atoms with Gasteiger partial charge >= 0.3 is 0 Å². The van der Waals surface area contributed by atoms with Crippen LogP contribution in [-0.2, 0) is 22.6 Å². The summed E-state index contributed by atoms with van der Waals surface area (Å²) in [6.45, 7) is 6.59. The number of halogens is 1. The van der Waals surface area contributed by atoms with Gasteiger partial charge in [-0.25, -0.2) is 4.39 Å². The molecule has 0 amide bonds.